The normalized spacial score (nSPS) is 13.6. The van der Waals surface area contributed by atoms with Gasteiger partial charge in [0.25, 0.3) is 0 Å². The van der Waals surface area contributed by atoms with Crippen molar-refractivity contribution in [2.45, 2.75) is 296 Å². The average molecular weight is 945 g/mol. The zero-order chi connectivity index (χ0) is 47.6. The largest absolute Gasteiger partial charge is 0.472 e. The van der Waals surface area contributed by atoms with E-state index < -0.39 is 58.4 Å². The van der Waals surface area contributed by atoms with Crippen LogP contribution in [0.1, 0.15) is 284 Å². The number of rotatable bonds is 53. The Morgan fingerprint density at radius 3 is 0.877 bits per heavy atom. The summed E-state index contributed by atoms with van der Waals surface area (Å²) >= 11 is 0. The number of esters is 2. The van der Waals surface area contributed by atoms with Crippen LogP contribution in [-0.4, -0.2) is 65.7 Å². The maximum atomic E-state index is 12.4. The minimum absolute atomic E-state index is 0.191. The van der Waals surface area contributed by atoms with E-state index in [1.807, 2.05) is 0 Å². The fourth-order valence-corrected chi connectivity index (χ4v) is 9.02. The predicted molar refractivity (Wildman–Crippen MR) is 270 cm³/mol. The number of hydrogen-bond acceptors (Lipinski definition) is 9. The van der Waals surface area contributed by atoms with E-state index in [-0.39, 0.29) is 12.8 Å². The Bertz CT molecular complexity index is 1090. The molecule has 11 heteroatoms. The van der Waals surface area contributed by atoms with Gasteiger partial charge in [0.1, 0.15) is 12.2 Å². The first-order valence-corrected chi connectivity index (χ1v) is 29.1. The number of allylic oxidation sites excluding steroid dienone is 2. The van der Waals surface area contributed by atoms with Crippen molar-refractivity contribution in [1.29, 1.82) is 0 Å². The summed E-state index contributed by atoms with van der Waals surface area (Å²) in [5.74, 6) is -1.01. The second-order valence-corrected chi connectivity index (χ2v) is 20.4. The van der Waals surface area contributed by atoms with Crippen molar-refractivity contribution < 1.29 is 47.8 Å². The van der Waals surface area contributed by atoms with E-state index in [1.54, 1.807) is 0 Å². The Morgan fingerprint density at radius 2 is 0.631 bits per heavy atom. The number of aliphatic hydroxyl groups excluding tert-OH is 2. The molecule has 0 rings (SSSR count). The van der Waals surface area contributed by atoms with Gasteiger partial charge in [-0.2, -0.15) is 0 Å². The first kappa shape index (κ1) is 63.7. The van der Waals surface area contributed by atoms with Gasteiger partial charge in [-0.05, 0) is 38.5 Å². The molecule has 0 aliphatic carbocycles. The SMILES string of the molecule is CCCCCCCCC/C=C\CCCCCCCCCC(=O)OC(CO)COP(=O)(O)OCC(CO)OC(=O)CCCCCCCCCCCCCCCCCCCCCCCCCC. The van der Waals surface area contributed by atoms with Crippen molar-refractivity contribution in [3.63, 3.8) is 0 Å². The fraction of sp³-hybridized carbons (Fsp3) is 0.926. The van der Waals surface area contributed by atoms with Gasteiger partial charge in [0.05, 0.1) is 26.4 Å². The number of hydrogen-bond donors (Lipinski definition) is 3. The topological polar surface area (TPSA) is 149 Å². The lowest BCUT2D eigenvalue weighted by atomic mass is 10.0. The minimum atomic E-state index is -4.64. The van der Waals surface area contributed by atoms with Crippen LogP contribution in [-0.2, 0) is 32.7 Å². The summed E-state index contributed by atoms with van der Waals surface area (Å²) in [5.41, 5.74) is 0. The van der Waals surface area contributed by atoms with Crippen LogP contribution in [0.15, 0.2) is 12.2 Å². The Kier molecular flexibility index (Phi) is 49.6. The first-order chi connectivity index (χ1) is 31.8. The van der Waals surface area contributed by atoms with E-state index in [4.69, 9.17) is 18.5 Å². The van der Waals surface area contributed by atoms with Crippen LogP contribution >= 0.6 is 7.82 Å². The highest BCUT2D eigenvalue weighted by atomic mass is 31.2. The van der Waals surface area contributed by atoms with Crippen LogP contribution in [0.5, 0.6) is 0 Å². The van der Waals surface area contributed by atoms with Crippen LogP contribution in [0.25, 0.3) is 0 Å². The molecule has 0 fully saturated rings. The fourth-order valence-electron chi connectivity index (χ4n) is 8.23. The Hall–Kier alpha value is -1.29. The van der Waals surface area contributed by atoms with E-state index >= 15 is 0 Å². The molecule has 3 atom stereocenters. The van der Waals surface area contributed by atoms with Gasteiger partial charge in [-0.25, -0.2) is 4.57 Å². The summed E-state index contributed by atoms with van der Waals surface area (Å²) in [4.78, 5) is 34.7. The van der Waals surface area contributed by atoms with Gasteiger partial charge in [0.2, 0.25) is 0 Å². The van der Waals surface area contributed by atoms with Crippen LogP contribution in [0.3, 0.4) is 0 Å². The van der Waals surface area contributed by atoms with Crippen LogP contribution in [0, 0.1) is 0 Å². The van der Waals surface area contributed by atoms with Gasteiger partial charge in [0.15, 0.2) is 0 Å². The summed E-state index contributed by atoms with van der Waals surface area (Å²) in [6.07, 6.45) is 53.4. The molecule has 65 heavy (non-hydrogen) atoms. The van der Waals surface area contributed by atoms with Gasteiger partial charge >= 0.3 is 19.8 Å². The van der Waals surface area contributed by atoms with Gasteiger partial charge in [0, 0.05) is 12.8 Å². The maximum Gasteiger partial charge on any atom is 0.472 e. The zero-order valence-electron chi connectivity index (χ0n) is 42.5. The van der Waals surface area contributed by atoms with Gasteiger partial charge in [-0.1, -0.05) is 244 Å². The van der Waals surface area contributed by atoms with E-state index in [2.05, 4.69) is 26.0 Å². The summed E-state index contributed by atoms with van der Waals surface area (Å²) in [6.45, 7) is 2.27. The molecule has 0 aliphatic heterocycles. The van der Waals surface area contributed by atoms with Crippen LogP contribution < -0.4 is 0 Å². The summed E-state index contributed by atoms with van der Waals surface area (Å²) in [6, 6.07) is 0. The molecule has 0 aromatic carbocycles. The standard InChI is InChI=1S/C54H105O10P/c1-3-5-7-9-11-13-15-17-19-21-23-24-25-26-27-28-30-32-34-36-38-40-42-44-46-54(58)64-52(48-56)50-62-65(59,60)61-49-51(47-55)63-53(57)45-43-41-39-37-35-33-31-29-22-20-18-16-14-12-10-8-6-4-2/h20,22,51-52,55-56H,3-19,21,23-50H2,1-2H3,(H,59,60)/b22-20-. The van der Waals surface area contributed by atoms with Gasteiger partial charge < -0.3 is 24.6 Å². The Balaban J connectivity index is 3.76. The third-order valence-corrected chi connectivity index (χ3v) is 13.4. The van der Waals surface area contributed by atoms with E-state index in [0.29, 0.717) is 12.8 Å². The third-order valence-electron chi connectivity index (χ3n) is 12.5. The third kappa shape index (κ3) is 49.0. The Labute approximate surface area is 400 Å². The summed E-state index contributed by atoms with van der Waals surface area (Å²) in [5, 5.41) is 19.3. The highest BCUT2D eigenvalue weighted by Gasteiger charge is 2.27. The quantitative estimate of drug-likeness (QED) is 0.0233. The lowest BCUT2D eigenvalue weighted by Crippen LogP contribution is -2.28. The van der Waals surface area contributed by atoms with E-state index in [0.717, 1.165) is 44.9 Å². The molecule has 0 aromatic rings. The van der Waals surface area contributed by atoms with E-state index in [9.17, 15) is 29.3 Å². The number of unbranched alkanes of at least 4 members (excludes halogenated alkanes) is 37. The lowest BCUT2D eigenvalue weighted by molar-refractivity contribution is -0.153. The molecule has 386 valence electrons. The van der Waals surface area contributed by atoms with Crippen molar-refractivity contribution in [2.75, 3.05) is 26.4 Å². The highest BCUT2D eigenvalue weighted by Crippen LogP contribution is 2.43. The molecular formula is C54H105O10P. The number of carbonyl (C=O) groups is 2. The summed E-state index contributed by atoms with van der Waals surface area (Å²) in [7, 11) is -4.64. The molecular weight excluding hydrogens is 840 g/mol. The molecule has 0 bridgehead atoms. The van der Waals surface area contributed by atoms with Crippen LogP contribution in [0.2, 0.25) is 0 Å². The number of carbonyl (C=O) groups excluding carboxylic acids is 2. The average Bonchev–Trinajstić information content (AvgIpc) is 3.30. The maximum absolute atomic E-state index is 12.4. The molecule has 10 nitrogen and oxygen atoms in total. The molecule has 0 saturated carbocycles. The van der Waals surface area contributed by atoms with Crippen LogP contribution in [0.4, 0.5) is 0 Å². The van der Waals surface area contributed by atoms with Crippen molar-refractivity contribution in [3.8, 4) is 0 Å². The monoisotopic (exact) mass is 945 g/mol. The zero-order valence-corrected chi connectivity index (χ0v) is 43.4. The molecule has 0 heterocycles. The number of phosphoric acid groups is 1. The Morgan fingerprint density at radius 1 is 0.400 bits per heavy atom. The smallest absolute Gasteiger partial charge is 0.457 e. The van der Waals surface area contributed by atoms with Gasteiger partial charge in [-0.3, -0.25) is 18.6 Å². The first-order valence-electron chi connectivity index (χ1n) is 27.6. The van der Waals surface area contributed by atoms with Crippen molar-refractivity contribution in [1.82, 2.24) is 0 Å². The van der Waals surface area contributed by atoms with Gasteiger partial charge in [-0.15, -0.1) is 0 Å². The molecule has 3 N–H and O–H groups in total. The minimum Gasteiger partial charge on any atom is -0.457 e. The molecule has 0 amide bonds. The molecule has 3 unspecified atom stereocenters. The summed E-state index contributed by atoms with van der Waals surface area (Å²) < 4.78 is 32.8. The highest BCUT2D eigenvalue weighted by molar-refractivity contribution is 7.47. The van der Waals surface area contributed by atoms with Crippen molar-refractivity contribution in [3.05, 3.63) is 12.2 Å². The molecule has 0 radical (unpaired) electrons. The van der Waals surface area contributed by atoms with E-state index in [1.165, 1.54) is 199 Å². The molecule has 0 aromatic heterocycles. The number of ether oxygens (including phenoxy) is 2. The van der Waals surface area contributed by atoms with Crippen molar-refractivity contribution >= 4 is 19.8 Å². The number of phosphoric ester groups is 1. The molecule has 0 aliphatic rings. The molecule has 0 spiro atoms. The van der Waals surface area contributed by atoms with Crippen molar-refractivity contribution in [2.24, 2.45) is 0 Å². The molecule has 0 saturated heterocycles. The predicted octanol–water partition coefficient (Wildman–Crippen LogP) is 15.9. The second-order valence-electron chi connectivity index (χ2n) is 18.9. The second kappa shape index (κ2) is 50.6. The lowest BCUT2D eigenvalue weighted by Gasteiger charge is -2.20. The number of aliphatic hydroxyl groups is 2.